The van der Waals surface area contributed by atoms with Gasteiger partial charge in [0, 0.05) is 40.9 Å². The number of aromatic nitrogens is 3. The zero-order valence-corrected chi connectivity index (χ0v) is 34.5. The summed E-state index contributed by atoms with van der Waals surface area (Å²) in [6.45, 7) is 4.43. The van der Waals surface area contributed by atoms with Gasteiger partial charge in [0.05, 0.1) is 23.2 Å². The monoisotopic (exact) mass is 836 g/mol. The van der Waals surface area contributed by atoms with E-state index < -0.39 is 40.9 Å². The first-order valence-electron chi connectivity index (χ1n) is 20.5. The van der Waals surface area contributed by atoms with E-state index in [-0.39, 0.29) is 44.9 Å². The SMILES string of the molecule is CC1(C)CCC2(CC1)N([C@H](c1ccccc1)[C@@H](O)c1ccccc1)[C@@H](C(=O)NC1CCC(c3nnco3)CC1)[C@H](c1cccc(Cl)c1F)C21C(=O)Nc2cc(Cl)ncc21. The van der Waals surface area contributed by atoms with Gasteiger partial charge in [0.1, 0.15) is 16.4 Å². The van der Waals surface area contributed by atoms with Gasteiger partial charge in [0.25, 0.3) is 0 Å². The number of amides is 2. The number of nitrogens with zero attached hydrogens (tertiary/aromatic N) is 4. The first-order valence-corrected chi connectivity index (χ1v) is 21.2. The van der Waals surface area contributed by atoms with Crippen LogP contribution in [0.1, 0.15) is 117 Å². The highest BCUT2D eigenvalue weighted by atomic mass is 35.5. The van der Waals surface area contributed by atoms with Gasteiger partial charge in [-0.15, -0.1) is 10.2 Å². The lowest BCUT2D eigenvalue weighted by atomic mass is 9.53. The number of hydrogen-bond acceptors (Lipinski definition) is 8. The normalized spacial score (nSPS) is 27.0. The van der Waals surface area contributed by atoms with E-state index in [2.05, 4.69) is 44.6 Å². The Morgan fingerprint density at radius 3 is 2.29 bits per heavy atom. The van der Waals surface area contributed by atoms with Gasteiger partial charge in [0.15, 0.2) is 0 Å². The van der Waals surface area contributed by atoms with E-state index in [0.717, 1.165) is 18.4 Å². The lowest BCUT2D eigenvalue weighted by molar-refractivity contribution is -0.137. The van der Waals surface area contributed by atoms with Crippen molar-refractivity contribution in [2.75, 3.05) is 5.32 Å². The van der Waals surface area contributed by atoms with Crippen molar-refractivity contribution in [3.63, 3.8) is 0 Å². The lowest BCUT2D eigenvalue weighted by Crippen LogP contribution is -2.64. The summed E-state index contributed by atoms with van der Waals surface area (Å²) >= 11 is 13.2. The summed E-state index contributed by atoms with van der Waals surface area (Å²) in [5.74, 6) is -1.91. The lowest BCUT2D eigenvalue weighted by Gasteiger charge is -2.56. The van der Waals surface area contributed by atoms with Crippen LogP contribution in [0.15, 0.2) is 102 Å². The van der Waals surface area contributed by atoms with E-state index in [1.165, 1.54) is 12.5 Å². The third-order valence-electron chi connectivity index (χ3n) is 13.9. The molecule has 59 heavy (non-hydrogen) atoms. The maximum Gasteiger partial charge on any atom is 0.238 e. The number of hydrogen-bond donors (Lipinski definition) is 3. The van der Waals surface area contributed by atoms with Crippen molar-refractivity contribution in [1.29, 1.82) is 0 Å². The van der Waals surface area contributed by atoms with Gasteiger partial charge in [-0.3, -0.25) is 14.5 Å². The summed E-state index contributed by atoms with van der Waals surface area (Å²) in [5.41, 5.74) is -0.331. The Morgan fingerprint density at radius 1 is 0.949 bits per heavy atom. The third kappa shape index (κ3) is 6.56. The van der Waals surface area contributed by atoms with Gasteiger partial charge in [-0.25, -0.2) is 9.37 Å². The van der Waals surface area contributed by atoms with E-state index in [9.17, 15) is 5.11 Å². The number of aliphatic hydroxyl groups excluding tert-OH is 1. The highest BCUT2D eigenvalue weighted by Crippen LogP contribution is 2.69. The smallest absolute Gasteiger partial charge is 0.238 e. The Labute approximate surface area is 352 Å². The zero-order valence-electron chi connectivity index (χ0n) is 33.0. The molecular weight excluding hydrogens is 790 g/mol. The van der Waals surface area contributed by atoms with Gasteiger partial charge < -0.3 is 20.2 Å². The van der Waals surface area contributed by atoms with Crippen molar-refractivity contribution in [2.45, 2.75) is 112 Å². The van der Waals surface area contributed by atoms with Gasteiger partial charge in [-0.1, -0.05) is 110 Å². The number of benzene rings is 3. The second-order valence-electron chi connectivity index (χ2n) is 17.5. The maximum atomic E-state index is 17.2. The average molecular weight is 838 g/mol. The molecule has 13 heteroatoms. The minimum Gasteiger partial charge on any atom is -0.428 e. The number of pyridine rings is 1. The largest absolute Gasteiger partial charge is 0.428 e. The van der Waals surface area contributed by atoms with E-state index in [4.69, 9.17) is 27.6 Å². The number of halogens is 3. The van der Waals surface area contributed by atoms with Gasteiger partial charge in [-0.05, 0) is 85.6 Å². The molecule has 2 saturated carbocycles. The van der Waals surface area contributed by atoms with Crippen LogP contribution in [0, 0.1) is 11.2 Å². The Bertz CT molecular complexity index is 2330. The van der Waals surface area contributed by atoms with Crippen molar-refractivity contribution in [3.8, 4) is 0 Å². The molecule has 1 saturated heterocycles. The molecule has 2 amide bonds. The first kappa shape index (κ1) is 39.8. The van der Waals surface area contributed by atoms with Crippen LogP contribution in [0.3, 0.4) is 0 Å². The molecule has 1 unspecified atom stereocenters. The summed E-state index contributed by atoms with van der Waals surface area (Å²) in [6.07, 6.45) is 6.81. The number of rotatable bonds is 8. The zero-order chi connectivity index (χ0) is 41.1. The number of carbonyl (C=O) groups is 2. The van der Waals surface area contributed by atoms with Crippen molar-refractivity contribution in [2.24, 2.45) is 5.41 Å². The average Bonchev–Trinajstić information content (AvgIpc) is 3.94. The molecule has 2 aliphatic heterocycles. The standard InChI is InChI=1S/C46H47Cl2FN6O4/c1-44(2)20-22-45(23-21-44)46(32-25-50-35(48)24-34(32)53-43(46)58)36(31-14-9-15-33(47)37(31)49)39(41(57)52-30-18-16-29(17-19-30)42-54-51-26-59-42)55(45)38(27-10-5-3-6-11-27)40(56)28-12-7-4-8-13-28/h3-15,24-26,29-30,36,38-40,56H,16-23H2,1-2H3,(H,52,57)(H,53,58)/t29?,30?,36-,38+,39+,40-,46?/m0/s1. The van der Waals surface area contributed by atoms with Crippen LogP contribution in [-0.2, 0) is 15.0 Å². The molecule has 4 aliphatic rings. The van der Waals surface area contributed by atoms with Crippen molar-refractivity contribution in [3.05, 3.63) is 142 Å². The molecule has 3 N–H and O–H groups in total. The van der Waals surface area contributed by atoms with Gasteiger partial charge in [0.2, 0.25) is 24.1 Å². The topological polar surface area (TPSA) is 133 Å². The molecule has 306 valence electrons. The van der Waals surface area contributed by atoms with Crippen LogP contribution in [0.2, 0.25) is 10.2 Å². The predicted molar refractivity (Wildman–Crippen MR) is 222 cm³/mol. The number of anilines is 1. The fourth-order valence-corrected chi connectivity index (χ4v) is 11.4. The molecule has 2 aliphatic carbocycles. The Hall–Kier alpha value is -4.68. The quantitative estimate of drug-likeness (QED) is 0.132. The second kappa shape index (κ2) is 15.4. The molecule has 0 radical (unpaired) electrons. The van der Waals surface area contributed by atoms with Gasteiger partial charge >= 0.3 is 0 Å². The van der Waals surface area contributed by atoms with Crippen LogP contribution >= 0.6 is 23.2 Å². The molecule has 10 nitrogen and oxygen atoms in total. The minimum absolute atomic E-state index is 0.0700. The summed E-state index contributed by atoms with van der Waals surface area (Å²) in [7, 11) is 0. The summed E-state index contributed by atoms with van der Waals surface area (Å²) in [6, 6.07) is 23.2. The molecule has 3 fully saturated rings. The van der Waals surface area contributed by atoms with E-state index in [1.54, 1.807) is 24.4 Å². The predicted octanol–water partition coefficient (Wildman–Crippen LogP) is 9.22. The van der Waals surface area contributed by atoms with Crippen molar-refractivity contribution in [1.82, 2.24) is 25.4 Å². The molecule has 9 rings (SSSR count). The summed E-state index contributed by atoms with van der Waals surface area (Å²) in [5, 5.41) is 27.6. The second-order valence-corrected chi connectivity index (χ2v) is 18.3. The van der Waals surface area contributed by atoms with E-state index in [1.807, 2.05) is 60.7 Å². The van der Waals surface area contributed by atoms with Crippen LogP contribution in [0.5, 0.6) is 0 Å². The Kier molecular flexibility index (Phi) is 10.4. The van der Waals surface area contributed by atoms with E-state index in [0.29, 0.717) is 61.2 Å². The van der Waals surface area contributed by atoms with Crippen LogP contribution in [0.4, 0.5) is 10.1 Å². The summed E-state index contributed by atoms with van der Waals surface area (Å²) in [4.78, 5) is 38.2. The van der Waals surface area contributed by atoms with Crippen LogP contribution in [-0.4, -0.2) is 54.6 Å². The number of likely N-dealkylation sites (tertiary alicyclic amines) is 1. The van der Waals surface area contributed by atoms with Crippen LogP contribution in [0.25, 0.3) is 0 Å². The first-order chi connectivity index (χ1) is 28.4. The Balaban J connectivity index is 1.31. The highest BCUT2D eigenvalue weighted by Gasteiger charge is 2.77. The number of fused-ring (bicyclic) bond motifs is 3. The third-order valence-corrected chi connectivity index (χ3v) is 14.4. The fourth-order valence-electron chi connectivity index (χ4n) is 11.1. The molecular formula is C46H47Cl2FN6O4. The molecule has 0 bridgehead atoms. The highest BCUT2D eigenvalue weighted by molar-refractivity contribution is 6.31. The molecule has 2 spiro atoms. The minimum atomic E-state index is -1.59. The molecule has 5 atom stereocenters. The number of carbonyl (C=O) groups excluding carboxylic acids is 2. The van der Waals surface area contributed by atoms with Crippen molar-refractivity contribution < 1.29 is 23.5 Å². The number of aliphatic hydroxyl groups is 1. The Morgan fingerprint density at radius 2 is 1.63 bits per heavy atom. The van der Waals surface area contributed by atoms with Gasteiger partial charge in [-0.2, -0.15) is 0 Å². The van der Waals surface area contributed by atoms with Crippen molar-refractivity contribution >= 4 is 40.7 Å². The van der Waals surface area contributed by atoms with Crippen LogP contribution < -0.4 is 10.6 Å². The summed E-state index contributed by atoms with van der Waals surface area (Å²) < 4.78 is 22.7. The molecule has 2 aromatic heterocycles. The molecule has 4 heterocycles. The fraction of sp³-hybridized carbons (Fsp3) is 0.413. The molecule has 3 aromatic carbocycles. The number of nitrogens with one attached hydrogen (secondary N) is 2. The maximum absolute atomic E-state index is 17.2. The van der Waals surface area contributed by atoms with E-state index >= 15 is 14.0 Å². The molecule has 5 aromatic rings.